The summed E-state index contributed by atoms with van der Waals surface area (Å²) in [5, 5.41) is 4.16. The fourth-order valence-corrected chi connectivity index (χ4v) is 2.27. The minimum Gasteiger partial charge on any atom is -0.398 e. The van der Waals surface area contributed by atoms with E-state index in [0.29, 0.717) is 28.2 Å². The highest BCUT2D eigenvalue weighted by molar-refractivity contribution is 5.89. The monoisotopic (exact) mass is 325 g/mol. The summed E-state index contributed by atoms with van der Waals surface area (Å²) in [6.45, 7) is 3.44. The lowest BCUT2D eigenvalue weighted by atomic mass is 10.1. The van der Waals surface area contributed by atoms with Gasteiger partial charge in [0.15, 0.2) is 0 Å². The lowest BCUT2D eigenvalue weighted by molar-refractivity contribution is 0.0383. The van der Waals surface area contributed by atoms with Crippen LogP contribution >= 0.6 is 0 Å². The minimum atomic E-state index is -0.544. The molecule has 122 valence electrons. The van der Waals surface area contributed by atoms with Crippen molar-refractivity contribution in [3.05, 3.63) is 71.2 Å². The smallest absolute Gasteiger partial charge is 0.365 e. The molecule has 1 heterocycles. The van der Waals surface area contributed by atoms with Gasteiger partial charge >= 0.3 is 5.97 Å². The summed E-state index contributed by atoms with van der Waals surface area (Å²) in [7, 11) is 0. The summed E-state index contributed by atoms with van der Waals surface area (Å²) in [6, 6.07) is 13.1. The largest absolute Gasteiger partial charge is 0.398 e. The molecule has 0 atom stereocenters. The number of carbonyl (C=O) groups is 1. The summed E-state index contributed by atoms with van der Waals surface area (Å²) < 4.78 is 14.2. The van der Waals surface area contributed by atoms with Gasteiger partial charge in [-0.05, 0) is 49.7 Å². The zero-order chi connectivity index (χ0) is 17.3. The molecule has 3 aromatic rings. The predicted molar refractivity (Wildman–Crippen MR) is 88.9 cm³/mol. The number of halogens is 1. The summed E-state index contributed by atoms with van der Waals surface area (Å²) in [5.41, 5.74) is 8.54. The molecular weight excluding hydrogens is 309 g/mol. The van der Waals surface area contributed by atoms with Gasteiger partial charge in [0.05, 0.1) is 17.0 Å². The van der Waals surface area contributed by atoms with E-state index in [2.05, 4.69) is 5.10 Å². The molecule has 0 amide bonds. The lowest BCUT2D eigenvalue weighted by Gasteiger charge is -2.06. The Morgan fingerprint density at radius 2 is 1.88 bits per heavy atom. The third kappa shape index (κ3) is 2.99. The Balaban J connectivity index is 1.91. The molecule has 0 fully saturated rings. The molecule has 0 aliphatic carbocycles. The maximum atomic E-state index is 14.2. The van der Waals surface area contributed by atoms with Gasteiger partial charge in [0.2, 0.25) is 0 Å². The highest BCUT2D eigenvalue weighted by Gasteiger charge is 2.16. The first-order chi connectivity index (χ1) is 11.5. The van der Waals surface area contributed by atoms with Crippen molar-refractivity contribution in [1.29, 1.82) is 0 Å². The third-order valence-electron chi connectivity index (χ3n) is 3.66. The standard InChI is InChI=1S/C18H16FN3O2/c1-11-8-15(19)14(10-16(11)20)17-9-12(2)22(21-17)24-18(23)13-6-4-3-5-7-13/h3-10H,20H2,1-2H3. The Morgan fingerprint density at radius 1 is 1.17 bits per heavy atom. The van der Waals surface area contributed by atoms with Crippen LogP contribution in [0, 0.1) is 19.7 Å². The van der Waals surface area contributed by atoms with Crippen molar-refractivity contribution in [2.45, 2.75) is 13.8 Å². The lowest BCUT2D eigenvalue weighted by Crippen LogP contribution is -2.22. The van der Waals surface area contributed by atoms with E-state index in [9.17, 15) is 9.18 Å². The molecule has 0 aliphatic heterocycles. The summed E-state index contributed by atoms with van der Waals surface area (Å²) >= 11 is 0. The first kappa shape index (κ1) is 15.7. The van der Waals surface area contributed by atoms with Crippen LogP contribution in [0.4, 0.5) is 10.1 Å². The van der Waals surface area contributed by atoms with Crippen LogP contribution < -0.4 is 10.6 Å². The molecule has 5 nitrogen and oxygen atoms in total. The Bertz CT molecular complexity index is 904. The van der Waals surface area contributed by atoms with E-state index in [1.54, 1.807) is 50.2 Å². The predicted octanol–water partition coefficient (Wildman–Crippen LogP) is 3.16. The van der Waals surface area contributed by atoms with Crippen LogP contribution in [0.1, 0.15) is 21.6 Å². The molecule has 0 aliphatic rings. The van der Waals surface area contributed by atoms with Crippen LogP contribution in [-0.4, -0.2) is 15.9 Å². The molecule has 24 heavy (non-hydrogen) atoms. The van der Waals surface area contributed by atoms with Gasteiger partial charge < -0.3 is 10.6 Å². The van der Waals surface area contributed by atoms with Crippen LogP contribution in [0.3, 0.4) is 0 Å². The van der Waals surface area contributed by atoms with Gasteiger partial charge in [-0.2, -0.15) is 0 Å². The fraction of sp³-hybridized carbons (Fsp3) is 0.111. The van der Waals surface area contributed by atoms with Crippen LogP contribution in [0.2, 0.25) is 0 Å². The van der Waals surface area contributed by atoms with Crippen molar-refractivity contribution >= 4 is 11.7 Å². The Kier molecular flexibility index (Phi) is 4.04. The zero-order valence-electron chi connectivity index (χ0n) is 13.3. The molecule has 0 saturated carbocycles. The molecule has 0 saturated heterocycles. The SMILES string of the molecule is Cc1cc(F)c(-c2cc(C)n(OC(=O)c3ccccc3)n2)cc1N. The van der Waals surface area contributed by atoms with Crippen molar-refractivity contribution in [3.63, 3.8) is 0 Å². The first-order valence-electron chi connectivity index (χ1n) is 7.36. The van der Waals surface area contributed by atoms with E-state index in [0.717, 1.165) is 4.85 Å². The number of aromatic nitrogens is 2. The number of benzene rings is 2. The normalized spacial score (nSPS) is 10.6. The van der Waals surface area contributed by atoms with Crippen LogP contribution in [0.25, 0.3) is 11.3 Å². The maximum absolute atomic E-state index is 14.2. The molecule has 0 bridgehead atoms. The number of rotatable bonds is 3. The molecule has 1 aromatic heterocycles. The van der Waals surface area contributed by atoms with Gasteiger partial charge in [0.25, 0.3) is 0 Å². The number of nitrogens with zero attached hydrogens (tertiary/aromatic N) is 2. The molecular formula is C18H16FN3O2. The third-order valence-corrected chi connectivity index (χ3v) is 3.66. The Labute approximate surface area is 138 Å². The highest BCUT2D eigenvalue weighted by atomic mass is 19.1. The van der Waals surface area contributed by atoms with E-state index < -0.39 is 11.8 Å². The van der Waals surface area contributed by atoms with E-state index in [1.165, 1.54) is 12.1 Å². The summed E-state index contributed by atoms with van der Waals surface area (Å²) in [4.78, 5) is 18.4. The number of nitrogens with two attached hydrogens (primary N) is 1. The summed E-state index contributed by atoms with van der Waals surface area (Å²) in [6.07, 6.45) is 0. The van der Waals surface area contributed by atoms with Gasteiger partial charge in [-0.3, -0.25) is 0 Å². The van der Waals surface area contributed by atoms with Crippen LogP contribution in [0.15, 0.2) is 48.5 Å². The molecule has 0 spiro atoms. The van der Waals surface area contributed by atoms with Gasteiger partial charge in [-0.1, -0.05) is 23.0 Å². The number of hydrogen-bond acceptors (Lipinski definition) is 4. The fourth-order valence-electron chi connectivity index (χ4n) is 2.27. The van der Waals surface area contributed by atoms with E-state index in [1.807, 2.05) is 0 Å². The molecule has 0 unspecified atom stereocenters. The topological polar surface area (TPSA) is 70.1 Å². The average molecular weight is 325 g/mol. The quantitative estimate of drug-likeness (QED) is 0.751. The summed E-state index contributed by atoms with van der Waals surface area (Å²) in [5.74, 6) is -0.974. The minimum absolute atomic E-state index is 0.260. The van der Waals surface area contributed by atoms with Gasteiger partial charge in [-0.25, -0.2) is 9.18 Å². The Morgan fingerprint density at radius 3 is 2.58 bits per heavy atom. The van der Waals surface area contributed by atoms with Crippen molar-refractivity contribution in [1.82, 2.24) is 9.94 Å². The number of carbonyl (C=O) groups excluding carboxylic acids is 1. The van der Waals surface area contributed by atoms with Gasteiger partial charge in [-0.15, -0.1) is 5.10 Å². The second-order valence-corrected chi connectivity index (χ2v) is 5.48. The molecule has 3 rings (SSSR count). The van der Waals surface area contributed by atoms with E-state index in [4.69, 9.17) is 10.6 Å². The molecule has 2 aromatic carbocycles. The first-order valence-corrected chi connectivity index (χ1v) is 7.36. The van der Waals surface area contributed by atoms with Crippen molar-refractivity contribution in [2.75, 3.05) is 5.73 Å². The average Bonchev–Trinajstić information content (AvgIpc) is 2.92. The van der Waals surface area contributed by atoms with Crippen LogP contribution in [0.5, 0.6) is 0 Å². The van der Waals surface area contributed by atoms with Crippen molar-refractivity contribution < 1.29 is 14.0 Å². The van der Waals surface area contributed by atoms with Crippen LogP contribution in [-0.2, 0) is 0 Å². The second-order valence-electron chi connectivity index (χ2n) is 5.48. The van der Waals surface area contributed by atoms with Crippen molar-refractivity contribution in [2.24, 2.45) is 0 Å². The van der Waals surface area contributed by atoms with Gasteiger partial charge in [0, 0.05) is 11.3 Å². The van der Waals surface area contributed by atoms with E-state index in [-0.39, 0.29) is 5.56 Å². The van der Waals surface area contributed by atoms with E-state index >= 15 is 0 Å². The molecule has 0 radical (unpaired) electrons. The van der Waals surface area contributed by atoms with Gasteiger partial charge in [0.1, 0.15) is 5.82 Å². The maximum Gasteiger partial charge on any atom is 0.365 e. The molecule has 6 heteroatoms. The zero-order valence-corrected chi connectivity index (χ0v) is 13.3. The number of aryl methyl sites for hydroxylation is 2. The van der Waals surface area contributed by atoms with Crippen molar-refractivity contribution in [3.8, 4) is 11.3 Å². The number of nitrogen functional groups attached to an aromatic ring is 1. The highest BCUT2D eigenvalue weighted by Crippen LogP contribution is 2.26. The number of hydrogen-bond donors (Lipinski definition) is 1. The molecule has 2 N–H and O–H groups in total. The second kappa shape index (κ2) is 6.16. The Hall–Kier alpha value is -3.15. The number of anilines is 1.